The van der Waals surface area contributed by atoms with Gasteiger partial charge >= 0.3 is 18.2 Å². The normalized spacial score (nSPS) is 26.5. The number of aromatic nitrogens is 1. The summed E-state index contributed by atoms with van der Waals surface area (Å²) in [4.78, 5) is 65.6. The van der Waals surface area contributed by atoms with Crippen molar-refractivity contribution in [2.45, 2.75) is 273 Å². The topological polar surface area (TPSA) is 143 Å². The van der Waals surface area contributed by atoms with Crippen LogP contribution >= 0.6 is 11.3 Å². The zero-order chi connectivity index (χ0) is 55.9. The highest BCUT2D eigenvalue weighted by Gasteiger charge is 2.59. The zero-order valence-electron chi connectivity index (χ0n) is 50.1. The smallest absolute Gasteiger partial charge is 0.426 e. The zero-order valence-corrected chi connectivity index (χ0v) is 54.0. The molecule has 2 aliphatic heterocycles. The number of imide groups is 1. The van der Waals surface area contributed by atoms with Gasteiger partial charge in [0.1, 0.15) is 23.1 Å². The van der Waals surface area contributed by atoms with Gasteiger partial charge in [0, 0.05) is 47.9 Å². The summed E-state index contributed by atoms with van der Waals surface area (Å²) in [7, 11) is -6.56. The van der Waals surface area contributed by atoms with Crippen LogP contribution in [0.1, 0.15) is 183 Å². The lowest BCUT2D eigenvalue weighted by Crippen LogP contribution is -2.53. The van der Waals surface area contributed by atoms with Crippen molar-refractivity contribution in [3.63, 3.8) is 0 Å². The molecular formula is C56H103N3O10SSi3. The van der Waals surface area contributed by atoms with E-state index in [1.165, 1.54) is 0 Å². The minimum atomic E-state index is -2.37. The van der Waals surface area contributed by atoms with E-state index in [2.05, 4.69) is 101 Å². The van der Waals surface area contributed by atoms with Crippen LogP contribution in [0.5, 0.6) is 0 Å². The molecule has 2 saturated heterocycles. The molecule has 1 aromatic heterocycles. The number of carbonyl (C=O) groups excluding carboxylic acids is 4. The van der Waals surface area contributed by atoms with Gasteiger partial charge in [-0.3, -0.25) is 14.5 Å². The molecule has 1 unspecified atom stereocenters. The lowest BCUT2D eigenvalue weighted by atomic mass is 9.73. The molecular weight excluding hydrogens is 991 g/mol. The fourth-order valence-corrected chi connectivity index (χ4v) is 18.2. The molecule has 0 radical (unpaired) electrons. The maximum absolute atomic E-state index is 15.4. The van der Waals surface area contributed by atoms with Gasteiger partial charge in [-0.1, -0.05) is 96.4 Å². The molecule has 0 bridgehead atoms. The predicted molar refractivity (Wildman–Crippen MR) is 307 cm³/mol. The number of anilines is 1. The van der Waals surface area contributed by atoms with Crippen molar-refractivity contribution in [1.29, 1.82) is 0 Å². The second-order valence-corrected chi connectivity index (χ2v) is 40.8. The van der Waals surface area contributed by atoms with Crippen LogP contribution in [0.15, 0.2) is 11.0 Å². The van der Waals surface area contributed by atoms with Gasteiger partial charge in [0.25, 0.3) is 0 Å². The lowest BCUT2D eigenvalue weighted by molar-refractivity contribution is -0.153. The third kappa shape index (κ3) is 16.9. The van der Waals surface area contributed by atoms with Gasteiger partial charge in [0.05, 0.1) is 24.3 Å². The standard InChI is InChI=1S/C56H103N3O10SSi3/c1-24-72(25-2,26-3)68-45-37-46(60)65-43(40(8)35-42-38-70-49(57-42)59(50(62)66-52(10,11)12)51(63)67-53(13,14)15)36-44-56(21,58(44)33-34-64-71(22,23)54(16,17)18)32-30-31-39(7)47(41(9)48(61)55(45,19)20)69-73(27-4,28-5)29-6/h35,38-39,41,43-45,47H,24-34,36-37H2,1-23H3/b40-35+/t39-,41+,43-,44-,45-,47-,56+,58?/m0/s1. The summed E-state index contributed by atoms with van der Waals surface area (Å²) in [5.41, 5.74) is -1.78. The Morgan fingerprint density at radius 1 is 0.849 bits per heavy atom. The van der Waals surface area contributed by atoms with Crippen LogP contribution < -0.4 is 4.90 Å². The highest BCUT2D eigenvalue weighted by atomic mass is 32.1. The van der Waals surface area contributed by atoms with Crippen molar-refractivity contribution in [2.24, 2.45) is 17.3 Å². The van der Waals surface area contributed by atoms with Crippen LogP contribution in [-0.2, 0) is 37.1 Å². The summed E-state index contributed by atoms with van der Waals surface area (Å²) in [6.07, 6.45) is 1.61. The molecule has 2 amide bonds. The molecule has 420 valence electrons. The SMILES string of the molecule is CC[Si](CC)(CC)O[C@H]1[C@@H](C)CCC[C@]2(C)[C@H](C[C@@H](/C(C)=C/c3csc(N(C(=O)OC(C)(C)C)C(=O)OC(C)(C)C)n3)OC(=O)C[C@H](O[Si](CC)(CC)CC)C(C)(C)C(=O)[C@@H]1C)N2CCO[Si](C)(C)C(C)(C)C. The van der Waals surface area contributed by atoms with Crippen molar-refractivity contribution in [3.05, 3.63) is 16.6 Å². The van der Waals surface area contributed by atoms with E-state index in [9.17, 15) is 14.4 Å². The van der Waals surface area contributed by atoms with E-state index in [4.69, 9.17) is 32.5 Å². The Hall–Kier alpha value is -2.26. The van der Waals surface area contributed by atoms with E-state index in [-0.39, 0.29) is 46.0 Å². The van der Waals surface area contributed by atoms with Gasteiger partial charge in [0.2, 0.25) is 5.13 Å². The van der Waals surface area contributed by atoms with Crippen molar-refractivity contribution >= 4 is 71.4 Å². The number of hydrogen-bond acceptors (Lipinski definition) is 13. The maximum atomic E-state index is 15.4. The first-order valence-electron chi connectivity index (χ1n) is 27.8. The average molecular weight is 1090 g/mol. The fraction of sp³-hybridized carbons (Fsp3) is 0.839. The number of thiazole rings is 1. The number of amides is 2. The molecule has 2 aliphatic rings. The van der Waals surface area contributed by atoms with Gasteiger partial charge in [-0.15, -0.1) is 11.3 Å². The van der Waals surface area contributed by atoms with E-state index in [1.807, 2.05) is 26.8 Å². The van der Waals surface area contributed by atoms with Crippen LogP contribution in [0.4, 0.5) is 14.7 Å². The molecule has 2 fully saturated rings. The molecule has 8 atom stereocenters. The minimum Gasteiger partial charge on any atom is -0.458 e. The Morgan fingerprint density at radius 2 is 1.36 bits per heavy atom. The Kier molecular flexibility index (Phi) is 22.7. The van der Waals surface area contributed by atoms with Gasteiger partial charge in [-0.05, 0) is 140 Å². The molecule has 13 nitrogen and oxygen atoms in total. The number of fused-ring (bicyclic) bond motifs is 1. The first-order valence-corrected chi connectivity index (χ1v) is 36.7. The minimum absolute atomic E-state index is 0.0626. The second kappa shape index (κ2) is 25.5. The highest BCUT2D eigenvalue weighted by molar-refractivity contribution is 7.14. The van der Waals surface area contributed by atoms with E-state index in [0.29, 0.717) is 18.7 Å². The monoisotopic (exact) mass is 1090 g/mol. The summed E-state index contributed by atoms with van der Waals surface area (Å²) in [5, 5.41) is 1.92. The Morgan fingerprint density at radius 3 is 1.84 bits per heavy atom. The van der Waals surface area contributed by atoms with E-state index in [1.54, 1.807) is 46.9 Å². The van der Waals surface area contributed by atoms with Crippen LogP contribution in [0.2, 0.25) is 54.4 Å². The fourth-order valence-electron chi connectivity index (χ4n) is 10.4. The Labute approximate surface area is 450 Å². The number of carbonyl (C=O) groups is 4. The van der Waals surface area contributed by atoms with Crippen molar-refractivity contribution in [3.8, 4) is 0 Å². The molecule has 0 saturated carbocycles. The molecule has 1 aromatic rings. The molecule has 3 rings (SSSR count). The van der Waals surface area contributed by atoms with Crippen molar-refractivity contribution in [2.75, 3.05) is 18.1 Å². The van der Waals surface area contributed by atoms with Crippen LogP contribution in [0, 0.1) is 17.3 Å². The molecule has 0 aromatic carbocycles. The Balaban J connectivity index is 2.26. The van der Waals surface area contributed by atoms with Crippen molar-refractivity contribution < 1.29 is 46.7 Å². The number of cyclic esters (lactones) is 1. The van der Waals surface area contributed by atoms with E-state index < -0.39 is 77.9 Å². The number of Topliss-reactive ketones (excluding diaryl/α,β-unsaturated/α-hetero) is 1. The van der Waals surface area contributed by atoms with Gasteiger partial charge in [-0.2, -0.15) is 4.90 Å². The number of nitrogens with zero attached hydrogens (tertiary/aromatic N) is 3. The van der Waals surface area contributed by atoms with Gasteiger partial charge in [-0.25, -0.2) is 14.6 Å². The quantitative estimate of drug-likeness (QED) is 0.0634. The molecule has 0 N–H and O–H groups in total. The van der Waals surface area contributed by atoms with Gasteiger partial charge in [0.15, 0.2) is 25.0 Å². The Bertz CT molecular complexity index is 1990. The van der Waals surface area contributed by atoms with E-state index >= 15 is 4.79 Å². The second-order valence-electron chi connectivity index (χ2n) is 25.8. The third-order valence-electron chi connectivity index (χ3n) is 17.0. The summed E-state index contributed by atoms with van der Waals surface area (Å²) >= 11 is 1.11. The summed E-state index contributed by atoms with van der Waals surface area (Å²) < 4.78 is 39.5. The number of ketones is 1. The molecule has 0 spiro atoms. The number of ether oxygens (including phenoxy) is 3. The van der Waals surface area contributed by atoms with Crippen LogP contribution in [-0.4, -0.2) is 113 Å². The third-order valence-corrected chi connectivity index (χ3v) is 31.6. The largest absolute Gasteiger partial charge is 0.458 e. The van der Waals surface area contributed by atoms with E-state index in [0.717, 1.165) is 83.9 Å². The predicted octanol–water partition coefficient (Wildman–Crippen LogP) is 15.2. The van der Waals surface area contributed by atoms with Crippen LogP contribution in [0.3, 0.4) is 0 Å². The summed E-state index contributed by atoms with van der Waals surface area (Å²) in [6.45, 7) is 48.9. The number of esters is 1. The first kappa shape index (κ1) is 65.0. The van der Waals surface area contributed by atoms with Gasteiger partial charge < -0.3 is 27.5 Å². The molecule has 3 heterocycles. The highest BCUT2D eigenvalue weighted by Crippen LogP contribution is 2.49. The van der Waals surface area contributed by atoms with Crippen molar-refractivity contribution in [1.82, 2.24) is 9.88 Å². The summed E-state index contributed by atoms with van der Waals surface area (Å²) in [6, 6.07) is 5.62. The lowest BCUT2D eigenvalue weighted by Gasteiger charge is -2.44. The molecule has 0 aliphatic carbocycles. The maximum Gasteiger partial charge on any atom is 0.426 e. The van der Waals surface area contributed by atoms with Crippen LogP contribution in [0.25, 0.3) is 6.08 Å². The summed E-state index contributed by atoms with van der Waals surface area (Å²) in [5.74, 6) is -0.668. The number of rotatable bonds is 17. The molecule has 73 heavy (non-hydrogen) atoms. The molecule has 17 heteroatoms. The number of hydrogen-bond donors (Lipinski definition) is 0. The first-order chi connectivity index (χ1) is 33.4. The average Bonchev–Trinajstić information content (AvgIpc) is 3.53.